The van der Waals surface area contributed by atoms with Crippen molar-refractivity contribution in [2.75, 3.05) is 0 Å². The van der Waals surface area contributed by atoms with Gasteiger partial charge in [-0.3, -0.25) is 4.79 Å². The number of ketones is 1. The second-order valence-electron chi connectivity index (χ2n) is 11.6. The first-order chi connectivity index (χ1) is 16.5. The molecule has 0 radical (unpaired) electrons. The zero-order chi connectivity index (χ0) is 24.1. The average molecular weight is 459 g/mol. The number of hydrogen-bond donors (Lipinski definition) is 0. The maximum absolute atomic E-state index is 13.9. The number of rotatable bonds is 8. The van der Waals surface area contributed by atoms with E-state index < -0.39 is 0 Å². The van der Waals surface area contributed by atoms with Crippen molar-refractivity contribution >= 4 is 5.78 Å². The van der Waals surface area contributed by atoms with Crippen molar-refractivity contribution in [2.24, 2.45) is 11.8 Å². The Labute approximate surface area is 208 Å². The van der Waals surface area contributed by atoms with Crippen LogP contribution in [-0.4, -0.2) is 5.78 Å². The van der Waals surface area contributed by atoms with Crippen molar-refractivity contribution in [2.45, 2.75) is 117 Å². The number of Topliss-reactive ketones (excluding diaryl/α,β-unsaturated/α-hetero) is 1. The van der Waals surface area contributed by atoms with E-state index in [1.54, 1.807) is 0 Å². The lowest BCUT2D eigenvalue weighted by atomic mass is 9.69. The maximum Gasteiger partial charge on any atom is 0.134 e. The van der Waals surface area contributed by atoms with E-state index in [9.17, 15) is 4.79 Å². The Morgan fingerprint density at radius 1 is 0.618 bits per heavy atom. The van der Waals surface area contributed by atoms with E-state index in [-0.39, 0.29) is 0 Å². The molecule has 2 fully saturated rings. The van der Waals surface area contributed by atoms with Crippen LogP contribution in [0.5, 0.6) is 0 Å². The molecule has 34 heavy (non-hydrogen) atoms. The van der Waals surface area contributed by atoms with Crippen LogP contribution in [0.4, 0.5) is 0 Å². The molecule has 0 heterocycles. The highest BCUT2D eigenvalue weighted by Crippen LogP contribution is 2.44. The fraction of sp³-hybridized carbons (Fsp3) is 0.606. The van der Waals surface area contributed by atoms with Gasteiger partial charge in [0.25, 0.3) is 0 Å². The predicted molar refractivity (Wildman–Crippen MR) is 145 cm³/mol. The van der Waals surface area contributed by atoms with Crippen molar-refractivity contribution in [3.05, 3.63) is 69.8 Å². The van der Waals surface area contributed by atoms with E-state index in [0.717, 1.165) is 12.8 Å². The molecule has 1 heteroatoms. The summed E-state index contributed by atoms with van der Waals surface area (Å²) in [6, 6.07) is 13.4. The van der Waals surface area contributed by atoms with Crippen molar-refractivity contribution in [3.8, 4) is 0 Å². The van der Waals surface area contributed by atoms with Crippen molar-refractivity contribution in [3.63, 3.8) is 0 Å². The number of benzene rings is 2. The highest BCUT2D eigenvalue weighted by atomic mass is 16.1. The van der Waals surface area contributed by atoms with Gasteiger partial charge in [-0.1, -0.05) is 74.9 Å². The molecule has 2 aromatic rings. The zero-order valence-corrected chi connectivity index (χ0v) is 22.2. The summed E-state index contributed by atoms with van der Waals surface area (Å²) in [5, 5.41) is 0. The summed E-state index contributed by atoms with van der Waals surface area (Å²) in [7, 11) is 0. The third-order valence-corrected chi connectivity index (χ3v) is 9.16. The molecule has 0 unspecified atom stereocenters. The Morgan fingerprint density at radius 3 is 1.26 bits per heavy atom. The van der Waals surface area contributed by atoms with Crippen LogP contribution >= 0.6 is 0 Å². The van der Waals surface area contributed by atoms with E-state index in [4.69, 9.17) is 0 Å². The van der Waals surface area contributed by atoms with Crippen LogP contribution in [-0.2, 0) is 4.79 Å². The van der Waals surface area contributed by atoms with E-state index in [1.165, 1.54) is 97.6 Å². The van der Waals surface area contributed by atoms with Crippen LogP contribution < -0.4 is 0 Å². The molecule has 2 atom stereocenters. The summed E-state index contributed by atoms with van der Waals surface area (Å²) in [5.74, 6) is 2.59. The van der Waals surface area contributed by atoms with Crippen LogP contribution in [0.2, 0.25) is 0 Å². The van der Waals surface area contributed by atoms with Crippen LogP contribution in [0.3, 0.4) is 0 Å². The minimum absolute atomic E-state index is 0.388. The molecule has 2 saturated carbocycles. The first kappa shape index (κ1) is 25.2. The Bertz CT molecular complexity index is 841. The topological polar surface area (TPSA) is 17.1 Å². The average Bonchev–Trinajstić information content (AvgIpc) is 2.83. The lowest BCUT2D eigenvalue weighted by Gasteiger charge is -2.35. The molecule has 0 aromatic heterocycles. The van der Waals surface area contributed by atoms with Crippen LogP contribution in [0, 0.1) is 39.5 Å². The van der Waals surface area contributed by atoms with Gasteiger partial charge in [0.15, 0.2) is 0 Å². The molecule has 4 rings (SSSR count). The van der Waals surface area contributed by atoms with Gasteiger partial charge in [-0.2, -0.15) is 0 Å². The molecular weight excluding hydrogens is 412 g/mol. The monoisotopic (exact) mass is 458 g/mol. The summed E-state index contributed by atoms with van der Waals surface area (Å²) in [6.07, 6.45) is 14.6. The molecule has 184 valence electrons. The van der Waals surface area contributed by atoms with Crippen LogP contribution in [0.15, 0.2) is 36.4 Å². The molecule has 2 aliphatic rings. The molecule has 0 saturated heterocycles. The van der Waals surface area contributed by atoms with Crippen molar-refractivity contribution in [1.82, 2.24) is 0 Å². The normalized spacial score (nSPS) is 19.6. The largest absolute Gasteiger partial charge is 0.300 e. The highest BCUT2D eigenvalue weighted by molar-refractivity contribution is 5.80. The molecular formula is C33H46O. The number of hydrogen-bond acceptors (Lipinski definition) is 1. The van der Waals surface area contributed by atoms with E-state index in [0.29, 0.717) is 29.5 Å². The van der Waals surface area contributed by atoms with Gasteiger partial charge in [-0.05, 0) is 110 Å². The van der Waals surface area contributed by atoms with Gasteiger partial charge in [-0.15, -0.1) is 0 Å². The van der Waals surface area contributed by atoms with Gasteiger partial charge in [0.05, 0.1) is 0 Å². The molecule has 0 bridgehead atoms. The third kappa shape index (κ3) is 5.84. The minimum Gasteiger partial charge on any atom is -0.300 e. The first-order valence-electron chi connectivity index (χ1n) is 14.1. The Morgan fingerprint density at radius 2 is 0.941 bits per heavy atom. The highest BCUT2D eigenvalue weighted by Gasteiger charge is 2.33. The Kier molecular flexibility index (Phi) is 8.67. The van der Waals surface area contributed by atoms with Gasteiger partial charge < -0.3 is 0 Å². The predicted octanol–water partition coefficient (Wildman–Crippen LogP) is 9.30. The zero-order valence-electron chi connectivity index (χ0n) is 22.2. The van der Waals surface area contributed by atoms with Gasteiger partial charge >= 0.3 is 0 Å². The summed E-state index contributed by atoms with van der Waals surface area (Å²) in [5.41, 5.74) is 8.46. The number of carbonyl (C=O) groups excluding carboxylic acids is 1. The van der Waals surface area contributed by atoms with Crippen molar-refractivity contribution in [1.29, 1.82) is 0 Å². The fourth-order valence-electron chi connectivity index (χ4n) is 7.48. The van der Waals surface area contributed by atoms with Crippen molar-refractivity contribution < 1.29 is 4.79 Å². The Balaban J connectivity index is 1.61. The lowest BCUT2D eigenvalue weighted by molar-refractivity contribution is -0.120. The molecule has 1 nitrogen and oxygen atoms in total. The summed E-state index contributed by atoms with van der Waals surface area (Å²) >= 11 is 0. The second-order valence-corrected chi connectivity index (χ2v) is 11.6. The SMILES string of the molecule is Cc1cccc(C)c1[C@@H](CC(=O)C[C@@H](c1c(C)cccc1C)C1CCCCC1)C1CCCCC1. The van der Waals surface area contributed by atoms with Gasteiger partial charge in [-0.25, -0.2) is 0 Å². The summed E-state index contributed by atoms with van der Waals surface area (Å²) in [4.78, 5) is 13.9. The first-order valence-corrected chi connectivity index (χ1v) is 14.1. The second kappa shape index (κ2) is 11.7. The van der Waals surface area contributed by atoms with Crippen LogP contribution in [0.1, 0.15) is 122 Å². The Hall–Kier alpha value is -1.89. The van der Waals surface area contributed by atoms with Gasteiger partial charge in [0.2, 0.25) is 0 Å². The van der Waals surface area contributed by atoms with Crippen LogP contribution in [0.25, 0.3) is 0 Å². The summed E-state index contributed by atoms with van der Waals surface area (Å²) < 4.78 is 0. The molecule has 2 aromatic carbocycles. The lowest BCUT2D eigenvalue weighted by Crippen LogP contribution is -2.24. The standard InChI is InChI=1S/C33H46O/c1-23-13-11-14-24(2)32(23)30(27-17-7-5-8-18-27)21-29(34)22-31(28-19-9-6-10-20-28)33-25(3)15-12-16-26(33)4/h11-16,27-28,30-31H,5-10,17-22H2,1-4H3/t30-,31+. The van der Waals surface area contributed by atoms with E-state index in [1.807, 2.05) is 0 Å². The number of carbonyl (C=O) groups is 1. The molecule has 0 amide bonds. The molecule has 0 aliphatic heterocycles. The maximum atomic E-state index is 13.9. The third-order valence-electron chi connectivity index (χ3n) is 9.16. The molecule has 0 spiro atoms. The fourth-order valence-corrected chi connectivity index (χ4v) is 7.48. The van der Waals surface area contributed by atoms with E-state index >= 15 is 0 Å². The van der Waals surface area contributed by atoms with Gasteiger partial charge in [0, 0.05) is 12.8 Å². The molecule has 0 N–H and O–H groups in total. The number of aryl methyl sites for hydroxylation is 4. The summed E-state index contributed by atoms with van der Waals surface area (Å²) in [6.45, 7) is 9.02. The quantitative estimate of drug-likeness (QED) is 0.385. The molecule has 2 aliphatic carbocycles. The van der Waals surface area contributed by atoms with E-state index in [2.05, 4.69) is 64.1 Å². The minimum atomic E-state index is 0.388. The van der Waals surface area contributed by atoms with Gasteiger partial charge in [0.1, 0.15) is 5.78 Å². The smallest absolute Gasteiger partial charge is 0.134 e.